The first-order valence-corrected chi connectivity index (χ1v) is 7.77. The van der Waals surface area contributed by atoms with Gasteiger partial charge in [0.1, 0.15) is 5.82 Å². The Bertz CT molecular complexity index is 1060. The normalized spacial score (nSPS) is 10.8. The summed E-state index contributed by atoms with van der Waals surface area (Å²) in [6, 6.07) is 8.68. The number of carbonyl (C=O) groups is 1. The van der Waals surface area contributed by atoms with Crippen LogP contribution in [0.3, 0.4) is 0 Å². The molecule has 4 aromatic rings. The second kappa shape index (κ2) is 6.29. The summed E-state index contributed by atoms with van der Waals surface area (Å²) < 4.78 is 0. The highest BCUT2D eigenvalue weighted by atomic mass is 35.5. The standard InChI is InChI=1S/C17H11ClN6O/c18-14-12(4-2-7-20-14)22-17(25)11-5-8-21-16-13(11)23-15(24-16)10-3-1-6-19-9-10/h1-9H,(H,22,25)(H,21,23,24). The number of rotatable bonds is 3. The largest absolute Gasteiger partial charge is 0.336 e. The molecule has 1 amide bonds. The van der Waals surface area contributed by atoms with Crippen molar-refractivity contribution < 1.29 is 4.79 Å². The molecule has 0 radical (unpaired) electrons. The van der Waals surface area contributed by atoms with Crippen LogP contribution in [0, 0.1) is 0 Å². The molecule has 0 bridgehead atoms. The summed E-state index contributed by atoms with van der Waals surface area (Å²) in [7, 11) is 0. The summed E-state index contributed by atoms with van der Waals surface area (Å²) in [5, 5.41) is 2.97. The number of pyridine rings is 3. The maximum Gasteiger partial charge on any atom is 0.258 e. The van der Waals surface area contributed by atoms with E-state index in [2.05, 4.69) is 30.2 Å². The minimum atomic E-state index is -0.330. The van der Waals surface area contributed by atoms with E-state index in [4.69, 9.17) is 11.6 Å². The minimum Gasteiger partial charge on any atom is -0.336 e. The molecule has 0 spiro atoms. The first-order valence-electron chi connectivity index (χ1n) is 7.39. The van der Waals surface area contributed by atoms with Gasteiger partial charge in [-0.1, -0.05) is 11.6 Å². The summed E-state index contributed by atoms with van der Waals surface area (Å²) in [6.45, 7) is 0. The second-order valence-corrected chi connectivity index (χ2v) is 5.54. The van der Waals surface area contributed by atoms with Crippen molar-refractivity contribution in [3.63, 3.8) is 0 Å². The molecule has 4 rings (SSSR count). The molecule has 0 aliphatic rings. The molecule has 4 aromatic heterocycles. The predicted octanol–water partition coefficient (Wildman–Crippen LogP) is 3.32. The predicted molar refractivity (Wildman–Crippen MR) is 94.3 cm³/mol. The summed E-state index contributed by atoms with van der Waals surface area (Å²) in [6.07, 6.45) is 6.46. The molecule has 8 heteroatoms. The number of carbonyl (C=O) groups excluding carboxylic acids is 1. The summed E-state index contributed by atoms with van der Waals surface area (Å²) in [5.74, 6) is 0.263. The van der Waals surface area contributed by atoms with Gasteiger partial charge in [-0.15, -0.1) is 0 Å². The Kier molecular flexibility index (Phi) is 3.83. The van der Waals surface area contributed by atoms with Gasteiger partial charge in [-0.2, -0.15) is 0 Å². The average molecular weight is 351 g/mol. The maximum atomic E-state index is 12.6. The number of fused-ring (bicyclic) bond motifs is 1. The lowest BCUT2D eigenvalue weighted by molar-refractivity contribution is 0.102. The third-order valence-corrected chi connectivity index (χ3v) is 3.88. The fourth-order valence-corrected chi connectivity index (χ4v) is 2.58. The van der Waals surface area contributed by atoms with Gasteiger partial charge in [0, 0.05) is 30.4 Å². The molecular formula is C17H11ClN6O. The van der Waals surface area contributed by atoms with E-state index in [1.54, 1.807) is 36.8 Å². The fraction of sp³-hybridized carbons (Fsp3) is 0. The van der Waals surface area contributed by atoms with Gasteiger partial charge in [-0.25, -0.2) is 15.0 Å². The van der Waals surface area contributed by atoms with Crippen molar-refractivity contribution in [1.29, 1.82) is 0 Å². The van der Waals surface area contributed by atoms with E-state index in [1.807, 2.05) is 12.1 Å². The molecule has 0 aromatic carbocycles. The number of H-pyrrole nitrogens is 1. The molecule has 0 aliphatic heterocycles. The van der Waals surface area contributed by atoms with Crippen molar-refractivity contribution >= 4 is 34.4 Å². The number of hydrogen-bond donors (Lipinski definition) is 2. The smallest absolute Gasteiger partial charge is 0.258 e. The van der Waals surface area contributed by atoms with Crippen LogP contribution in [0.1, 0.15) is 10.4 Å². The molecule has 0 saturated carbocycles. The van der Waals surface area contributed by atoms with E-state index in [0.717, 1.165) is 5.56 Å². The molecule has 0 unspecified atom stereocenters. The Morgan fingerprint density at radius 1 is 1.08 bits per heavy atom. The van der Waals surface area contributed by atoms with E-state index in [0.29, 0.717) is 28.2 Å². The van der Waals surface area contributed by atoms with Crippen LogP contribution in [0.25, 0.3) is 22.6 Å². The summed E-state index contributed by atoms with van der Waals surface area (Å²) >= 11 is 5.99. The van der Waals surface area contributed by atoms with E-state index < -0.39 is 0 Å². The molecular weight excluding hydrogens is 340 g/mol. The van der Waals surface area contributed by atoms with Crippen molar-refractivity contribution in [1.82, 2.24) is 24.9 Å². The van der Waals surface area contributed by atoms with Crippen molar-refractivity contribution in [2.45, 2.75) is 0 Å². The van der Waals surface area contributed by atoms with Gasteiger partial charge in [0.25, 0.3) is 5.91 Å². The molecule has 0 atom stereocenters. The molecule has 122 valence electrons. The lowest BCUT2D eigenvalue weighted by atomic mass is 10.2. The number of nitrogens with zero attached hydrogens (tertiary/aromatic N) is 4. The molecule has 2 N–H and O–H groups in total. The van der Waals surface area contributed by atoms with E-state index >= 15 is 0 Å². The molecule has 0 saturated heterocycles. The van der Waals surface area contributed by atoms with Crippen LogP contribution in [0.2, 0.25) is 5.15 Å². The zero-order valence-corrected chi connectivity index (χ0v) is 13.5. The van der Waals surface area contributed by atoms with Gasteiger partial charge >= 0.3 is 0 Å². The van der Waals surface area contributed by atoms with Gasteiger partial charge in [-0.3, -0.25) is 9.78 Å². The number of hydrogen-bond acceptors (Lipinski definition) is 5. The van der Waals surface area contributed by atoms with Gasteiger partial charge in [0.2, 0.25) is 0 Å². The third-order valence-electron chi connectivity index (χ3n) is 3.58. The zero-order chi connectivity index (χ0) is 17.2. The molecule has 7 nitrogen and oxygen atoms in total. The topological polar surface area (TPSA) is 96.5 Å². The molecule has 25 heavy (non-hydrogen) atoms. The van der Waals surface area contributed by atoms with E-state index in [9.17, 15) is 4.79 Å². The zero-order valence-electron chi connectivity index (χ0n) is 12.8. The van der Waals surface area contributed by atoms with Crippen LogP contribution in [0.15, 0.2) is 55.1 Å². The van der Waals surface area contributed by atoms with Crippen LogP contribution in [0.4, 0.5) is 5.69 Å². The highest BCUT2D eigenvalue weighted by Gasteiger charge is 2.16. The first-order chi connectivity index (χ1) is 12.2. The number of halogens is 1. The number of aromatic amines is 1. The van der Waals surface area contributed by atoms with Crippen molar-refractivity contribution in [3.8, 4) is 11.4 Å². The first kappa shape index (κ1) is 15.2. The molecule has 0 aliphatic carbocycles. The number of nitrogens with one attached hydrogen (secondary N) is 2. The Morgan fingerprint density at radius 3 is 2.76 bits per heavy atom. The van der Waals surface area contributed by atoms with Gasteiger partial charge in [-0.05, 0) is 30.3 Å². The third kappa shape index (κ3) is 2.92. The number of anilines is 1. The Balaban J connectivity index is 1.74. The van der Waals surface area contributed by atoms with Crippen LogP contribution in [-0.4, -0.2) is 30.8 Å². The Hall–Kier alpha value is -3.32. The van der Waals surface area contributed by atoms with Crippen LogP contribution in [0.5, 0.6) is 0 Å². The van der Waals surface area contributed by atoms with E-state index in [1.165, 1.54) is 6.20 Å². The second-order valence-electron chi connectivity index (χ2n) is 5.18. The number of amides is 1. The fourth-order valence-electron chi connectivity index (χ4n) is 2.41. The number of aromatic nitrogens is 5. The van der Waals surface area contributed by atoms with Gasteiger partial charge < -0.3 is 10.3 Å². The summed E-state index contributed by atoms with van der Waals surface area (Å²) in [4.78, 5) is 32.4. The highest BCUT2D eigenvalue weighted by molar-refractivity contribution is 6.32. The van der Waals surface area contributed by atoms with Crippen molar-refractivity contribution in [2.75, 3.05) is 5.32 Å². The highest BCUT2D eigenvalue weighted by Crippen LogP contribution is 2.23. The lowest BCUT2D eigenvalue weighted by Gasteiger charge is -2.06. The molecule has 4 heterocycles. The lowest BCUT2D eigenvalue weighted by Crippen LogP contribution is -2.13. The Labute approximate surface area is 147 Å². The monoisotopic (exact) mass is 350 g/mol. The Morgan fingerprint density at radius 2 is 1.96 bits per heavy atom. The average Bonchev–Trinajstić information content (AvgIpc) is 3.08. The van der Waals surface area contributed by atoms with Crippen molar-refractivity contribution in [3.05, 3.63) is 65.8 Å². The van der Waals surface area contributed by atoms with Crippen LogP contribution < -0.4 is 5.32 Å². The van der Waals surface area contributed by atoms with E-state index in [-0.39, 0.29) is 11.1 Å². The maximum absolute atomic E-state index is 12.6. The van der Waals surface area contributed by atoms with Crippen LogP contribution >= 0.6 is 11.6 Å². The van der Waals surface area contributed by atoms with Gasteiger partial charge in [0.05, 0.1) is 16.8 Å². The minimum absolute atomic E-state index is 0.224. The quantitative estimate of drug-likeness (QED) is 0.552. The van der Waals surface area contributed by atoms with Gasteiger partial charge in [0.15, 0.2) is 10.8 Å². The van der Waals surface area contributed by atoms with Crippen LogP contribution in [-0.2, 0) is 0 Å². The SMILES string of the molecule is O=C(Nc1cccnc1Cl)c1ccnc2nc(-c3cccnc3)[nH]c12. The van der Waals surface area contributed by atoms with Crippen molar-refractivity contribution in [2.24, 2.45) is 0 Å². The summed E-state index contributed by atoms with van der Waals surface area (Å²) in [5.41, 5.74) is 2.64. The number of imidazole rings is 1. The molecule has 0 fully saturated rings.